The largest absolute Gasteiger partial charge is 0.349 e. The van der Waals surface area contributed by atoms with Gasteiger partial charge in [-0.15, -0.1) is 19.2 Å². The zero-order chi connectivity index (χ0) is 10.6. The standard InChI is InChI=1S/C10H10ClNOS/c1-2-5-12-10(13)8-6-7(14)3-4-9(8)11/h2-4,6,14H,1,5H2,(H,12,13). The van der Waals surface area contributed by atoms with Crippen molar-refractivity contribution in [3.63, 3.8) is 0 Å². The number of carbonyl (C=O) groups is 1. The Morgan fingerprint density at radius 3 is 3.00 bits per heavy atom. The molecule has 0 radical (unpaired) electrons. The third-order valence-electron chi connectivity index (χ3n) is 1.60. The Morgan fingerprint density at radius 2 is 2.36 bits per heavy atom. The topological polar surface area (TPSA) is 29.1 Å². The number of hydrogen-bond acceptors (Lipinski definition) is 2. The van der Waals surface area contributed by atoms with Gasteiger partial charge in [-0.1, -0.05) is 17.7 Å². The van der Waals surface area contributed by atoms with Gasteiger partial charge in [0.1, 0.15) is 0 Å². The number of halogens is 1. The molecule has 14 heavy (non-hydrogen) atoms. The molecule has 0 unspecified atom stereocenters. The van der Waals surface area contributed by atoms with E-state index >= 15 is 0 Å². The monoisotopic (exact) mass is 227 g/mol. The molecule has 1 aromatic rings. The summed E-state index contributed by atoms with van der Waals surface area (Å²) in [5.74, 6) is -0.217. The summed E-state index contributed by atoms with van der Waals surface area (Å²) in [5, 5.41) is 3.06. The smallest absolute Gasteiger partial charge is 0.253 e. The molecule has 1 aromatic carbocycles. The normalized spacial score (nSPS) is 9.57. The Labute approximate surface area is 93.4 Å². The summed E-state index contributed by atoms with van der Waals surface area (Å²) in [6.07, 6.45) is 1.61. The van der Waals surface area contributed by atoms with Crippen LogP contribution >= 0.6 is 24.2 Å². The van der Waals surface area contributed by atoms with Crippen LogP contribution < -0.4 is 5.32 Å². The van der Waals surface area contributed by atoms with Gasteiger partial charge in [0.25, 0.3) is 5.91 Å². The van der Waals surface area contributed by atoms with Crippen LogP contribution in [-0.2, 0) is 0 Å². The summed E-state index contributed by atoms with van der Waals surface area (Å²) in [7, 11) is 0. The van der Waals surface area contributed by atoms with Crippen LogP contribution in [0.2, 0.25) is 5.02 Å². The van der Waals surface area contributed by atoms with Crippen LogP contribution in [0.5, 0.6) is 0 Å². The van der Waals surface area contributed by atoms with Crippen LogP contribution in [0.15, 0.2) is 35.7 Å². The van der Waals surface area contributed by atoms with Crippen LogP contribution in [0.4, 0.5) is 0 Å². The fourth-order valence-corrected chi connectivity index (χ4v) is 1.35. The first kappa shape index (κ1) is 11.1. The average molecular weight is 228 g/mol. The molecule has 0 spiro atoms. The molecular weight excluding hydrogens is 218 g/mol. The molecule has 1 N–H and O–H groups in total. The lowest BCUT2D eigenvalue weighted by Crippen LogP contribution is -2.23. The van der Waals surface area contributed by atoms with Crippen molar-refractivity contribution < 1.29 is 4.79 Å². The number of benzene rings is 1. The fourth-order valence-electron chi connectivity index (χ4n) is 0.947. The van der Waals surface area contributed by atoms with Crippen molar-refractivity contribution in [3.05, 3.63) is 41.4 Å². The number of hydrogen-bond donors (Lipinski definition) is 2. The molecule has 0 saturated carbocycles. The molecule has 0 atom stereocenters. The molecule has 0 bridgehead atoms. The molecule has 1 amide bonds. The van der Waals surface area contributed by atoms with Gasteiger partial charge in [0.2, 0.25) is 0 Å². The van der Waals surface area contributed by atoms with Crippen molar-refractivity contribution in [1.82, 2.24) is 5.32 Å². The van der Waals surface area contributed by atoms with E-state index in [1.54, 1.807) is 24.3 Å². The maximum absolute atomic E-state index is 11.5. The molecular formula is C10H10ClNOS. The molecule has 74 valence electrons. The minimum Gasteiger partial charge on any atom is -0.349 e. The molecule has 1 rings (SSSR count). The second-order valence-electron chi connectivity index (χ2n) is 2.66. The van der Waals surface area contributed by atoms with Gasteiger partial charge in [0.15, 0.2) is 0 Å². The minimum absolute atomic E-state index is 0.217. The van der Waals surface area contributed by atoms with E-state index in [4.69, 9.17) is 11.6 Å². The summed E-state index contributed by atoms with van der Waals surface area (Å²) < 4.78 is 0. The second kappa shape index (κ2) is 5.08. The first-order valence-electron chi connectivity index (χ1n) is 4.02. The van der Waals surface area contributed by atoms with Gasteiger partial charge in [-0.2, -0.15) is 0 Å². The van der Waals surface area contributed by atoms with Gasteiger partial charge >= 0.3 is 0 Å². The third-order valence-corrected chi connectivity index (χ3v) is 2.21. The molecule has 0 aliphatic carbocycles. The number of nitrogens with one attached hydrogen (secondary N) is 1. The number of amides is 1. The van der Waals surface area contributed by atoms with Gasteiger partial charge in [-0.3, -0.25) is 4.79 Å². The van der Waals surface area contributed by atoms with E-state index in [0.717, 1.165) is 0 Å². The van der Waals surface area contributed by atoms with Gasteiger partial charge in [-0.25, -0.2) is 0 Å². The Morgan fingerprint density at radius 1 is 1.64 bits per heavy atom. The zero-order valence-corrected chi connectivity index (χ0v) is 9.11. The van der Waals surface area contributed by atoms with E-state index in [1.807, 2.05) is 0 Å². The summed E-state index contributed by atoms with van der Waals surface area (Å²) in [6.45, 7) is 3.93. The maximum atomic E-state index is 11.5. The molecule has 0 fully saturated rings. The summed E-state index contributed by atoms with van der Waals surface area (Å²) in [5.41, 5.74) is 0.431. The highest BCUT2D eigenvalue weighted by molar-refractivity contribution is 7.80. The lowest BCUT2D eigenvalue weighted by Gasteiger charge is -2.04. The second-order valence-corrected chi connectivity index (χ2v) is 3.59. The van der Waals surface area contributed by atoms with E-state index in [9.17, 15) is 4.79 Å². The highest BCUT2D eigenvalue weighted by Gasteiger charge is 2.08. The number of thiol groups is 1. The van der Waals surface area contributed by atoms with E-state index in [-0.39, 0.29) is 5.91 Å². The predicted molar refractivity (Wildman–Crippen MR) is 61.2 cm³/mol. The van der Waals surface area contributed by atoms with Gasteiger partial charge < -0.3 is 5.32 Å². The van der Waals surface area contributed by atoms with E-state index < -0.39 is 0 Å². The van der Waals surface area contributed by atoms with E-state index in [0.29, 0.717) is 22.0 Å². The molecule has 0 aromatic heterocycles. The van der Waals surface area contributed by atoms with Crippen LogP contribution in [0.3, 0.4) is 0 Å². The third kappa shape index (κ3) is 2.79. The Kier molecular flexibility index (Phi) is 4.04. The van der Waals surface area contributed by atoms with Crippen molar-refractivity contribution in [3.8, 4) is 0 Å². The summed E-state index contributed by atoms with van der Waals surface area (Å²) in [6, 6.07) is 5.01. The molecule has 4 heteroatoms. The number of rotatable bonds is 3. The molecule has 2 nitrogen and oxygen atoms in total. The highest BCUT2D eigenvalue weighted by atomic mass is 35.5. The van der Waals surface area contributed by atoms with E-state index in [1.165, 1.54) is 0 Å². The van der Waals surface area contributed by atoms with Crippen molar-refractivity contribution in [2.75, 3.05) is 6.54 Å². The average Bonchev–Trinajstić information content (AvgIpc) is 2.18. The van der Waals surface area contributed by atoms with Gasteiger partial charge in [-0.05, 0) is 18.2 Å². The number of carbonyl (C=O) groups excluding carboxylic acids is 1. The van der Waals surface area contributed by atoms with Crippen LogP contribution in [0.25, 0.3) is 0 Å². The lowest BCUT2D eigenvalue weighted by atomic mass is 10.2. The van der Waals surface area contributed by atoms with Crippen molar-refractivity contribution in [2.45, 2.75) is 4.90 Å². The highest BCUT2D eigenvalue weighted by Crippen LogP contribution is 2.19. The zero-order valence-electron chi connectivity index (χ0n) is 7.46. The van der Waals surface area contributed by atoms with Crippen molar-refractivity contribution >= 4 is 30.1 Å². The van der Waals surface area contributed by atoms with E-state index in [2.05, 4.69) is 24.5 Å². The Bertz CT molecular complexity index is 365. The van der Waals surface area contributed by atoms with Gasteiger partial charge in [0.05, 0.1) is 10.6 Å². The molecule has 0 saturated heterocycles. The van der Waals surface area contributed by atoms with Crippen LogP contribution in [0.1, 0.15) is 10.4 Å². The van der Waals surface area contributed by atoms with Crippen molar-refractivity contribution in [2.24, 2.45) is 0 Å². The fraction of sp³-hybridized carbons (Fsp3) is 0.100. The predicted octanol–water partition coefficient (Wildman–Crippen LogP) is 2.54. The first-order valence-corrected chi connectivity index (χ1v) is 4.85. The van der Waals surface area contributed by atoms with Gasteiger partial charge in [0, 0.05) is 11.4 Å². The molecule has 0 aliphatic heterocycles. The lowest BCUT2D eigenvalue weighted by molar-refractivity contribution is 0.0958. The Hall–Kier alpha value is -0.930. The summed E-state index contributed by atoms with van der Waals surface area (Å²) in [4.78, 5) is 12.2. The quantitative estimate of drug-likeness (QED) is 0.603. The Balaban J connectivity index is 2.88. The molecule has 0 aliphatic rings. The minimum atomic E-state index is -0.217. The molecule has 0 heterocycles. The SMILES string of the molecule is C=CCNC(=O)c1cc(S)ccc1Cl. The van der Waals surface area contributed by atoms with Crippen molar-refractivity contribution in [1.29, 1.82) is 0 Å². The summed E-state index contributed by atoms with van der Waals surface area (Å²) >= 11 is 9.98. The first-order chi connectivity index (χ1) is 6.65. The maximum Gasteiger partial charge on any atom is 0.253 e. The van der Waals surface area contributed by atoms with Crippen LogP contribution in [-0.4, -0.2) is 12.5 Å². The van der Waals surface area contributed by atoms with Crippen LogP contribution in [0, 0.1) is 0 Å².